The average molecular weight is 386 g/mol. The van der Waals surface area contributed by atoms with Crippen molar-refractivity contribution in [2.24, 2.45) is 0 Å². The van der Waals surface area contributed by atoms with E-state index in [1.165, 1.54) is 17.9 Å². The number of aromatic nitrogens is 3. The molecule has 1 N–H and O–H groups in total. The van der Waals surface area contributed by atoms with E-state index in [1.54, 1.807) is 6.20 Å². The zero-order valence-corrected chi connectivity index (χ0v) is 14.5. The number of nitrogens with zero attached hydrogens (tertiary/aromatic N) is 3. The number of halogens is 4. The molecule has 3 heterocycles. The lowest BCUT2D eigenvalue weighted by atomic mass is 10.0. The molecule has 1 aliphatic rings. The quantitative estimate of drug-likeness (QED) is 0.773. The first kappa shape index (κ1) is 19.3. The number of methoxy groups -OCH3 is 1. The predicted octanol–water partition coefficient (Wildman–Crippen LogP) is 2.50. The lowest BCUT2D eigenvalue weighted by Crippen LogP contribution is -2.36. The summed E-state index contributed by atoms with van der Waals surface area (Å²) >= 11 is 0. The number of Topliss-reactive ketones (excluding diaryl/α,β-unsaturated/α-hetero) is 1. The van der Waals surface area contributed by atoms with Gasteiger partial charge < -0.3 is 10.1 Å². The third kappa shape index (κ3) is 4.26. The van der Waals surface area contributed by atoms with E-state index in [9.17, 15) is 22.4 Å². The molecule has 0 amide bonds. The van der Waals surface area contributed by atoms with Crippen LogP contribution in [0, 0.1) is 0 Å². The minimum Gasteiger partial charge on any atom is -0.480 e. The van der Waals surface area contributed by atoms with Gasteiger partial charge in [0.2, 0.25) is 5.88 Å². The zero-order valence-electron chi connectivity index (χ0n) is 14.5. The average Bonchev–Trinajstić information content (AvgIpc) is 3.25. The van der Waals surface area contributed by atoms with Crippen molar-refractivity contribution in [1.29, 1.82) is 0 Å². The smallest absolute Gasteiger partial charge is 0.433 e. The summed E-state index contributed by atoms with van der Waals surface area (Å²) in [6.07, 6.45) is -2.38. The summed E-state index contributed by atoms with van der Waals surface area (Å²) in [6.45, 7) is 0.472. The second-order valence-electron chi connectivity index (χ2n) is 6.21. The summed E-state index contributed by atoms with van der Waals surface area (Å²) in [7, 11) is 1.40. The molecule has 6 nitrogen and oxygen atoms in total. The number of ether oxygens (including phenoxy) is 1. The largest absolute Gasteiger partial charge is 0.480 e. The Labute approximate surface area is 152 Å². The minimum absolute atomic E-state index is 0.103. The predicted molar refractivity (Wildman–Crippen MR) is 87.5 cm³/mol. The minimum atomic E-state index is -4.52. The fraction of sp³-hybridized carbons (Fsp3) is 0.471. The standard InChI is InChI=1S/C17H18F4N4O2/c1-27-16-10(2-4-13(26)15-12(18)6-7-22-15)9-25(24-16)11-3-5-14(23-8-11)17(19,20)21/h3,5,8-9,12,15,22H,2,4,6-7H2,1H3/t12-,15-/m0/s1. The molecule has 0 aromatic carbocycles. The van der Waals surface area contributed by atoms with Crippen molar-refractivity contribution in [3.63, 3.8) is 0 Å². The number of nitrogens with one attached hydrogen (secondary N) is 1. The van der Waals surface area contributed by atoms with E-state index in [0.29, 0.717) is 24.2 Å². The molecule has 10 heteroatoms. The van der Waals surface area contributed by atoms with Crippen LogP contribution in [0.5, 0.6) is 5.88 Å². The molecule has 0 unspecified atom stereocenters. The highest BCUT2D eigenvalue weighted by molar-refractivity contribution is 5.85. The Kier molecular flexibility index (Phi) is 5.45. The summed E-state index contributed by atoms with van der Waals surface area (Å²) in [6, 6.07) is 1.32. The molecule has 1 fully saturated rings. The Hall–Kier alpha value is -2.49. The third-order valence-corrected chi connectivity index (χ3v) is 4.38. The third-order valence-electron chi connectivity index (χ3n) is 4.38. The van der Waals surface area contributed by atoms with Gasteiger partial charge in [-0.15, -0.1) is 5.10 Å². The fourth-order valence-corrected chi connectivity index (χ4v) is 2.96. The van der Waals surface area contributed by atoms with Gasteiger partial charge in [-0.25, -0.2) is 14.1 Å². The van der Waals surface area contributed by atoms with Gasteiger partial charge in [0.05, 0.1) is 25.0 Å². The lowest BCUT2D eigenvalue weighted by Gasteiger charge is -2.11. The van der Waals surface area contributed by atoms with Gasteiger partial charge in [-0.3, -0.25) is 4.79 Å². The summed E-state index contributed by atoms with van der Waals surface area (Å²) in [5.41, 5.74) is -0.0830. The molecule has 2 aromatic rings. The van der Waals surface area contributed by atoms with Crippen molar-refractivity contribution in [3.8, 4) is 11.6 Å². The van der Waals surface area contributed by atoms with Gasteiger partial charge in [0.15, 0.2) is 5.78 Å². The van der Waals surface area contributed by atoms with Crippen molar-refractivity contribution in [3.05, 3.63) is 35.8 Å². The number of carbonyl (C=O) groups excluding carboxylic acids is 1. The van der Waals surface area contributed by atoms with Gasteiger partial charge in [-0.05, 0) is 31.5 Å². The van der Waals surface area contributed by atoms with Crippen LogP contribution in [0.4, 0.5) is 17.6 Å². The van der Waals surface area contributed by atoms with Crippen molar-refractivity contribution in [2.45, 2.75) is 37.7 Å². The molecule has 1 saturated heterocycles. The number of alkyl halides is 4. The molecular weight excluding hydrogens is 368 g/mol. The van der Waals surface area contributed by atoms with Crippen molar-refractivity contribution < 1.29 is 27.1 Å². The maximum atomic E-state index is 13.6. The van der Waals surface area contributed by atoms with Crippen molar-refractivity contribution in [2.75, 3.05) is 13.7 Å². The van der Waals surface area contributed by atoms with Gasteiger partial charge in [-0.2, -0.15) is 13.2 Å². The number of hydrogen-bond donors (Lipinski definition) is 1. The highest BCUT2D eigenvalue weighted by Crippen LogP contribution is 2.28. The number of hydrogen-bond acceptors (Lipinski definition) is 5. The van der Waals surface area contributed by atoms with E-state index < -0.39 is 24.1 Å². The van der Waals surface area contributed by atoms with Crippen LogP contribution in [0.25, 0.3) is 5.69 Å². The van der Waals surface area contributed by atoms with Crippen LogP contribution in [-0.4, -0.2) is 46.4 Å². The first-order valence-corrected chi connectivity index (χ1v) is 8.36. The SMILES string of the molecule is COc1nn(-c2ccc(C(F)(F)F)nc2)cc1CCC(=O)[C@H]1NCC[C@@H]1F. The normalized spacial score (nSPS) is 20.0. The molecule has 0 spiro atoms. The van der Waals surface area contributed by atoms with Gasteiger partial charge in [0.25, 0.3) is 0 Å². The Morgan fingerprint density at radius 2 is 2.19 bits per heavy atom. The molecule has 27 heavy (non-hydrogen) atoms. The molecule has 3 rings (SSSR count). The first-order valence-electron chi connectivity index (χ1n) is 8.36. The Balaban J connectivity index is 1.72. The highest BCUT2D eigenvalue weighted by Gasteiger charge is 2.33. The molecule has 2 aromatic heterocycles. The maximum absolute atomic E-state index is 13.6. The molecule has 1 aliphatic heterocycles. The maximum Gasteiger partial charge on any atom is 0.433 e. The molecular formula is C17H18F4N4O2. The van der Waals surface area contributed by atoms with E-state index in [4.69, 9.17) is 4.74 Å². The van der Waals surface area contributed by atoms with Crippen molar-refractivity contribution in [1.82, 2.24) is 20.1 Å². The van der Waals surface area contributed by atoms with Crippen LogP contribution in [0.15, 0.2) is 24.5 Å². The van der Waals surface area contributed by atoms with E-state index in [2.05, 4.69) is 15.4 Å². The van der Waals surface area contributed by atoms with Crippen LogP contribution >= 0.6 is 0 Å². The number of ketones is 1. The Morgan fingerprint density at radius 1 is 1.41 bits per heavy atom. The summed E-state index contributed by atoms with van der Waals surface area (Å²) in [4.78, 5) is 15.5. The molecule has 146 valence electrons. The van der Waals surface area contributed by atoms with E-state index in [-0.39, 0.29) is 24.5 Å². The van der Waals surface area contributed by atoms with Gasteiger partial charge in [0.1, 0.15) is 11.9 Å². The summed E-state index contributed by atoms with van der Waals surface area (Å²) < 4.78 is 58.0. The number of aryl methyl sites for hydroxylation is 1. The number of rotatable bonds is 6. The van der Waals surface area contributed by atoms with Crippen LogP contribution in [0.3, 0.4) is 0 Å². The molecule has 0 saturated carbocycles. The second kappa shape index (κ2) is 7.63. The number of carbonyl (C=O) groups is 1. The topological polar surface area (TPSA) is 69.0 Å². The molecule has 0 aliphatic carbocycles. The van der Waals surface area contributed by atoms with Crippen LogP contribution in [0.2, 0.25) is 0 Å². The second-order valence-corrected chi connectivity index (χ2v) is 6.21. The zero-order chi connectivity index (χ0) is 19.6. The molecule has 0 bridgehead atoms. The fourth-order valence-electron chi connectivity index (χ4n) is 2.96. The van der Waals surface area contributed by atoms with Crippen molar-refractivity contribution >= 4 is 5.78 Å². The Morgan fingerprint density at radius 3 is 2.74 bits per heavy atom. The van der Waals surface area contributed by atoms with Crippen LogP contribution < -0.4 is 10.1 Å². The summed E-state index contributed by atoms with van der Waals surface area (Å²) in [5, 5.41) is 7.00. The van der Waals surface area contributed by atoms with E-state index in [0.717, 1.165) is 12.3 Å². The molecule has 0 radical (unpaired) electrons. The van der Waals surface area contributed by atoms with Crippen LogP contribution in [-0.2, 0) is 17.4 Å². The first-order chi connectivity index (χ1) is 12.8. The molecule has 2 atom stereocenters. The lowest BCUT2D eigenvalue weighted by molar-refractivity contribution is -0.141. The summed E-state index contributed by atoms with van der Waals surface area (Å²) in [5.74, 6) is 0.0184. The van der Waals surface area contributed by atoms with Crippen LogP contribution in [0.1, 0.15) is 24.1 Å². The van der Waals surface area contributed by atoms with E-state index >= 15 is 0 Å². The monoisotopic (exact) mass is 386 g/mol. The van der Waals surface area contributed by atoms with E-state index in [1.807, 2.05) is 0 Å². The van der Waals surface area contributed by atoms with Gasteiger partial charge in [-0.1, -0.05) is 0 Å². The van der Waals surface area contributed by atoms with Gasteiger partial charge in [0, 0.05) is 18.2 Å². The number of pyridine rings is 1. The highest BCUT2D eigenvalue weighted by atomic mass is 19.4. The Bertz CT molecular complexity index is 804. The van der Waals surface area contributed by atoms with Gasteiger partial charge >= 0.3 is 6.18 Å².